The molecule has 164 valence electrons. The molecule has 0 bridgehead atoms. The second kappa shape index (κ2) is 6.93. The third kappa shape index (κ3) is 3.60. The highest BCUT2D eigenvalue weighted by Crippen LogP contribution is 2.45. The summed E-state index contributed by atoms with van der Waals surface area (Å²) in [6, 6.07) is 0.656. The predicted molar refractivity (Wildman–Crippen MR) is 92.4 cm³/mol. The summed E-state index contributed by atoms with van der Waals surface area (Å²) >= 11 is 5.74. The number of nitrogens with zero attached hydrogens (tertiary/aromatic N) is 5. The van der Waals surface area contributed by atoms with Gasteiger partial charge in [-0.25, -0.2) is 23.7 Å². The summed E-state index contributed by atoms with van der Waals surface area (Å²) in [5.41, 5.74) is -3.53. The summed E-state index contributed by atoms with van der Waals surface area (Å²) in [7, 11) is 0. The van der Waals surface area contributed by atoms with Crippen molar-refractivity contribution in [3.8, 4) is 0 Å². The Morgan fingerprint density at radius 3 is 2.55 bits per heavy atom. The molecule has 3 aromatic rings. The van der Waals surface area contributed by atoms with Gasteiger partial charge in [-0.1, -0.05) is 11.6 Å². The topological polar surface area (TPSA) is 75.4 Å². The Kier molecular flexibility index (Phi) is 4.72. The smallest absolute Gasteiger partial charge is 0.305 e. The van der Waals surface area contributed by atoms with Gasteiger partial charge in [0.15, 0.2) is 22.3 Å². The number of nitrogens with one attached hydrogen (secondary N) is 1. The van der Waals surface area contributed by atoms with Gasteiger partial charge in [0.2, 0.25) is 0 Å². The van der Waals surface area contributed by atoms with Gasteiger partial charge in [-0.2, -0.15) is 31.4 Å². The van der Waals surface area contributed by atoms with Crippen molar-refractivity contribution in [3.05, 3.63) is 46.9 Å². The first-order valence-corrected chi connectivity index (χ1v) is 8.67. The minimum absolute atomic E-state index is 0.00439. The van der Waals surface area contributed by atoms with Crippen molar-refractivity contribution < 1.29 is 35.5 Å². The highest BCUT2D eigenvalue weighted by molar-refractivity contribution is 6.29. The summed E-state index contributed by atoms with van der Waals surface area (Å²) in [5, 5.41) is 5.46. The van der Waals surface area contributed by atoms with Gasteiger partial charge in [0.1, 0.15) is 5.92 Å². The summed E-state index contributed by atoms with van der Waals surface area (Å²) in [6.07, 6.45) is -8.37. The van der Waals surface area contributed by atoms with Crippen molar-refractivity contribution in [1.82, 2.24) is 19.6 Å². The van der Waals surface area contributed by atoms with Crippen LogP contribution in [0.15, 0.2) is 24.5 Å². The van der Waals surface area contributed by atoms with Crippen LogP contribution in [0.4, 0.5) is 46.9 Å². The lowest BCUT2D eigenvalue weighted by molar-refractivity contribution is -0.147. The predicted octanol–water partition coefficient (Wildman–Crippen LogP) is 4.63. The second-order valence-corrected chi connectivity index (χ2v) is 6.81. The van der Waals surface area contributed by atoms with Crippen molar-refractivity contribution in [2.24, 2.45) is 0 Å². The summed E-state index contributed by atoms with van der Waals surface area (Å²) in [5.74, 6) is -4.06. The van der Waals surface area contributed by atoms with E-state index in [-0.39, 0.29) is 16.5 Å². The first kappa shape index (κ1) is 21.1. The molecule has 0 fully saturated rings. The van der Waals surface area contributed by atoms with Gasteiger partial charge in [-0.05, 0) is 6.07 Å². The van der Waals surface area contributed by atoms with E-state index in [4.69, 9.17) is 11.6 Å². The Labute approximate surface area is 172 Å². The molecular weight excluding hydrogens is 461 g/mol. The molecule has 0 saturated heterocycles. The largest absolute Gasteiger partial charge is 0.436 e. The Morgan fingerprint density at radius 2 is 1.90 bits per heavy atom. The molecule has 0 aromatic carbocycles. The van der Waals surface area contributed by atoms with Gasteiger partial charge >= 0.3 is 18.4 Å². The monoisotopic (exact) mass is 468 g/mol. The van der Waals surface area contributed by atoms with E-state index in [0.29, 0.717) is 11.1 Å². The van der Waals surface area contributed by atoms with Crippen LogP contribution in [0.25, 0.3) is 5.65 Å². The second-order valence-electron chi connectivity index (χ2n) is 6.42. The first-order chi connectivity index (χ1) is 14.4. The Bertz CT molecular complexity index is 1190. The number of hydrogen-bond donors (Lipinski definition) is 1. The average molecular weight is 469 g/mol. The third-order valence-corrected chi connectivity index (χ3v) is 4.68. The van der Waals surface area contributed by atoms with E-state index in [1.54, 1.807) is 0 Å². The molecular formula is C16H8ClF7N6O. The molecule has 15 heteroatoms. The van der Waals surface area contributed by atoms with Crippen molar-refractivity contribution >= 4 is 34.7 Å². The standard InChI is InChI=1S/C16H8ClF7N6O/c17-9-3-10-26-4-8-12(30(10)28-9)6(15(19,20)21)5-29(8)14(31)27-7-1-2-25-13(11(7)18)16(22,23)24/h1-4,6H,5H2,(H,25,27,31). The van der Waals surface area contributed by atoms with E-state index in [0.717, 1.165) is 16.8 Å². The summed E-state index contributed by atoms with van der Waals surface area (Å²) in [6.45, 7) is -0.929. The van der Waals surface area contributed by atoms with Crippen molar-refractivity contribution in [2.75, 3.05) is 16.8 Å². The van der Waals surface area contributed by atoms with Crippen molar-refractivity contribution in [3.63, 3.8) is 0 Å². The van der Waals surface area contributed by atoms with Crippen LogP contribution >= 0.6 is 11.6 Å². The Morgan fingerprint density at radius 1 is 1.19 bits per heavy atom. The van der Waals surface area contributed by atoms with Gasteiger partial charge in [0.25, 0.3) is 0 Å². The number of hydrogen-bond acceptors (Lipinski definition) is 4. The molecule has 0 aliphatic carbocycles. The highest BCUT2D eigenvalue weighted by atomic mass is 35.5. The number of amides is 2. The zero-order valence-corrected chi connectivity index (χ0v) is 15.5. The number of halogens is 8. The fraction of sp³-hybridized carbons (Fsp3) is 0.250. The number of pyridine rings is 1. The molecule has 0 spiro atoms. The maximum Gasteiger partial charge on any atom is 0.436 e. The summed E-state index contributed by atoms with van der Waals surface area (Å²) in [4.78, 5) is 20.0. The van der Waals surface area contributed by atoms with Crippen LogP contribution in [0.1, 0.15) is 17.3 Å². The minimum Gasteiger partial charge on any atom is -0.305 e. The van der Waals surface area contributed by atoms with Crippen molar-refractivity contribution in [2.45, 2.75) is 18.3 Å². The van der Waals surface area contributed by atoms with E-state index in [1.807, 2.05) is 5.32 Å². The molecule has 3 aromatic heterocycles. The molecule has 2 amide bonds. The van der Waals surface area contributed by atoms with E-state index in [9.17, 15) is 35.5 Å². The average Bonchev–Trinajstić information content (AvgIpc) is 3.21. The van der Waals surface area contributed by atoms with Crippen LogP contribution in [0, 0.1) is 5.82 Å². The zero-order chi connectivity index (χ0) is 22.7. The van der Waals surface area contributed by atoms with Gasteiger partial charge in [0.05, 0.1) is 23.3 Å². The lowest BCUT2D eigenvalue weighted by Gasteiger charge is -2.19. The fourth-order valence-electron chi connectivity index (χ4n) is 3.19. The Hall–Kier alpha value is -3.16. The van der Waals surface area contributed by atoms with Gasteiger partial charge in [-0.15, -0.1) is 0 Å². The van der Waals surface area contributed by atoms with Crippen LogP contribution in [0.5, 0.6) is 0 Å². The number of carbonyl (C=O) groups excluding carboxylic acids is 1. The molecule has 4 heterocycles. The van der Waals surface area contributed by atoms with Crippen LogP contribution in [0.2, 0.25) is 5.15 Å². The number of rotatable bonds is 1. The number of urea groups is 1. The molecule has 0 radical (unpaired) electrons. The number of aromatic nitrogens is 4. The quantitative estimate of drug-likeness (QED) is 0.528. The fourth-order valence-corrected chi connectivity index (χ4v) is 3.36. The van der Waals surface area contributed by atoms with Crippen LogP contribution in [-0.2, 0) is 6.18 Å². The summed E-state index contributed by atoms with van der Waals surface area (Å²) < 4.78 is 94.4. The lowest BCUT2D eigenvalue weighted by Crippen LogP contribution is -2.36. The molecule has 1 aliphatic heterocycles. The zero-order valence-electron chi connectivity index (χ0n) is 14.8. The van der Waals surface area contributed by atoms with Crippen LogP contribution in [0.3, 0.4) is 0 Å². The molecule has 4 rings (SSSR count). The number of alkyl halides is 6. The van der Waals surface area contributed by atoms with E-state index in [2.05, 4.69) is 15.1 Å². The normalized spacial score (nSPS) is 16.6. The maximum absolute atomic E-state index is 14.2. The number of carbonyl (C=O) groups is 1. The Balaban J connectivity index is 1.74. The van der Waals surface area contributed by atoms with Gasteiger partial charge in [-0.3, -0.25) is 4.90 Å². The van der Waals surface area contributed by atoms with E-state index >= 15 is 0 Å². The van der Waals surface area contributed by atoms with Crippen LogP contribution in [-0.4, -0.2) is 38.3 Å². The molecule has 1 atom stereocenters. The third-order valence-electron chi connectivity index (χ3n) is 4.50. The van der Waals surface area contributed by atoms with Crippen LogP contribution < -0.4 is 10.2 Å². The van der Waals surface area contributed by atoms with E-state index < -0.39 is 53.7 Å². The van der Waals surface area contributed by atoms with Crippen molar-refractivity contribution in [1.29, 1.82) is 0 Å². The molecule has 7 nitrogen and oxygen atoms in total. The minimum atomic E-state index is -5.14. The van der Waals surface area contributed by atoms with E-state index in [1.165, 1.54) is 6.07 Å². The maximum atomic E-state index is 14.2. The number of anilines is 2. The molecule has 0 saturated carbocycles. The van der Waals surface area contributed by atoms with Gasteiger partial charge in [0, 0.05) is 18.8 Å². The molecule has 31 heavy (non-hydrogen) atoms. The van der Waals surface area contributed by atoms with Gasteiger partial charge < -0.3 is 5.32 Å². The highest BCUT2D eigenvalue weighted by Gasteiger charge is 2.50. The molecule has 1 aliphatic rings. The molecule has 1 N–H and O–H groups in total. The SMILES string of the molecule is O=C(Nc1ccnc(C(F)(F)F)c1F)N1CC(C(F)(F)F)c2c1cnc1cc(Cl)nn21. The first-order valence-electron chi connectivity index (χ1n) is 8.29. The lowest BCUT2D eigenvalue weighted by atomic mass is 10.1. The number of fused-ring (bicyclic) bond motifs is 3. The molecule has 1 unspecified atom stereocenters.